The van der Waals surface area contributed by atoms with Gasteiger partial charge in [0, 0.05) is 16.0 Å². The number of benzene rings is 1. The summed E-state index contributed by atoms with van der Waals surface area (Å²) in [6.07, 6.45) is -2.69. The molecule has 142 valence electrons. The van der Waals surface area contributed by atoms with Crippen molar-refractivity contribution in [2.24, 2.45) is 0 Å². The fourth-order valence-corrected chi connectivity index (χ4v) is 3.57. The number of hydrogen-bond acceptors (Lipinski definition) is 5. The first-order chi connectivity index (χ1) is 13.2. The van der Waals surface area contributed by atoms with Gasteiger partial charge in [-0.3, -0.25) is 4.79 Å². The van der Waals surface area contributed by atoms with Crippen LogP contribution in [0, 0.1) is 5.82 Å². The Morgan fingerprint density at radius 3 is 2.61 bits per heavy atom. The molecule has 0 fully saturated rings. The van der Waals surface area contributed by atoms with Crippen LogP contribution in [0.4, 0.5) is 17.6 Å². The van der Waals surface area contributed by atoms with Crippen LogP contribution in [-0.2, 0) is 6.18 Å². The van der Waals surface area contributed by atoms with Crippen molar-refractivity contribution in [3.63, 3.8) is 0 Å². The van der Waals surface area contributed by atoms with E-state index in [4.69, 9.17) is 0 Å². The first-order valence-corrected chi connectivity index (χ1v) is 8.75. The second kappa shape index (κ2) is 6.48. The maximum Gasteiger partial charge on any atom is 0.435 e. The summed E-state index contributed by atoms with van der Waals surface area (Å²) >= 11 is 1.16. The largest absolute Gasteiger partial charge is 0.435 e. The second-order valence-electron chi connectivity index (χ2n) is 5.91. The lowest BCUT2D eigenvalue weighted by Gasteiger charge is -2.07. The fraction of sp³-hybridized carbons (Fsp3) is 0.111. The number of carbonyl (C=O) groups excluding carboxylic acids is 1. The van der Waals surface area contributed by atoms with Gasteiger partial charge >= 0.3 is 6.18 Å². The third kappa shape index (κ3) is 3.15. The molecule has 0 spiro atoms. The molecule has 0 amide bonds. The van der Waals surface area contributed by atoms with Crippen molar-refractivity contribution in [2.45, 2.75) is 13.1 Å². The molecule has 4 aromatic rings. The Bertz CT molecular complexity index is 1210. The molecular weight excluding hydrogens is 396 g/mol. The first kappa shape index (κ1) is 18.2. The molecule has 0 saturated heterocycles. The molecule has 3 aromatic heterocycles. The highest BCUT2D eigenvalue weighted by Gasteiger charge is 2.33. The van der Waals surface area contributed by atoms with Crippen molar-refractivity contribution < 1.29 is 22.4 Å². The Balaban J connectivity index is 1.80. The van der Waals surface area contributed by atoms with E-state index in [-0.39, 0.29) is 17.1 Å². The molecule has 0 atom stereocenters. The van der Waals surface area contributed by atoms with Gasteiger partial charge in [0.2, 0.25) is 0 Å². The normalized spacial score (nSPS) is 11.9. The topological polar surface area (TPSA) is 60.2 Å². The van der Waals surface area contributed by atoms with E-state index in [9.17, 15) is 22.4 Å². The monoisotopic (exact) mass is 406 g/mol. The zero-order chi connectivity index (χ0) is 20.1. The molecule has 5 nitrogen and oxygen atoms in total. The highest BCUT2D eigenvalue weighted by molar-refractivity contribution is 7.17. The number of rotatable bonds is 3. The number of thiophene rings is 1. The summed E-state index contributed by atoms with van der Waals surface area (Å²) < 4.78 is 53.9. The third-order valence-corrected chi connectivity index (χ3v) is 5.23. The number of imidazole rings is 1. The number of alkyl halides is 3. The molecule has 28 heavy (non-hydrogen) atoms. The number of hydrogen-bond donors (Lipinski definition) is 0. The number of fused-ring (bicyclic) bond motifs is 1. The van der Waals surface area contributed by atoms with Crippen molar-refractivity contribution >= 4 is 22.9 Å². The maximum atomic E-state index is 14.4. The molecule has 0 bridgehead atoms. The lowest BCUT2D eigenvalue weighted by atomic mass is 10.1. The Morgan fingerprint density at radius 1 is 1.14 bits per heavy atom. The standard InChI is InChI=1S/C18H10F4N4OS/c1-9(27)14-4-5-15(28-14)11-6-10(2-3-12(11)19)13-7-23-17-25-16(18(20,21)22)8-24-26(13)17/h2-8H,1H3. The minimum absolute atomic E-state index is 0.120. The van der Waals surface area contributed by atoms with Crippen molar-refractivity contribution in [3.8, 4) is 21.7 Å². The van der Waals surface area contributed by atoms with Crippen molar-refractivity contribution in [2.75, 3.05) is 0 Å². The van der Waals surface area contributed by atoms with E-state index in [0.29, 0.717) is 27.2 Å². The summed E-state index contributed by atoms with van der Waals surface area (Å²) in [4.78, 5) is 19.9. The lowest BCUT2D eigenvalue weighted by molar-refractivity contribution is -0.141. The molecule has 4 rings (SSSR count). The predicted molar refractivity (Wildman–Crippen MR) is 94.5 cm³/mol. The van der Waals surface area contributed by atoms with Gasteiger partial charge in [-0.15, -0.1) is 11.3 Å². The minimum atomic E-state index is -4.63. The lowest BCUT2D eigenvalue weighted by Crippen LogP contribution is -2.11. The molecule has 0 radical (unpaired) electrons. The summed E-state index contributed by atoms with van der Waals surface area (Å²) in [5, 5.41) is 3.77. The maximum absolute atomic E-state index is 14.4. The Morgan fingerprint density at radius 2 is 1.93 bits per heavy atom. The van der Waals surface area contributed by atoms with Crippen LogP contribution >= 0.6 is 11.3 Å². The molecule has 10 heteroatoms. The zero-order valence-corrected chi connectivity index (χ0v) is 15.0. The Labute approximate surface area is 159 Å². The average Bonchev–Trinajstić information content (AvgIpc) is 3.28. The molecule has 0 unspecified atom stereocenters. The molecule has 0 aliphatic heterocycles. The van der Waals surface area contributed by atoms with Crippen LogP contribution in [-0.4, -0.2) is 25.4 Å². The SMILES string of the molecule is CC(=O)c1ccc(-c2cc(-c3cnc4nc(C(F)(F)F)cnn34)ccc2F)s1. The number of nitrogens with zero attached hydrogens (tertiary/aromatic N) is 4. The van der Waals surface area contributed by atoms with Crippen LogP contribution in [0.2, 0.25) is 0 Å². The van der Waals surface area contributed by atoms with E-state index in [1.807, 2.05) is 0 Å². The Hall–Kier alpha value is -3.14. The quantitative estimate of drug-likeness (QED) is 0.359. The van der Waals surface area contributed by atoms with Crippen molar-refractivity contribution in [3.05, 3.63) is 59.1 Å². The van der Waals surface area contributed by atoms with Gasteiger partial charge in [0.15, 0.2) is 11.5 Å². The smallest absolute Gasteiger partial charge is 0.294 e. The minimum Gasteiger partial charge on any atom is -0.294 e. The average molecular weight is 406 g/mol. The molecule has 0 N–H and O–H groups in total. The number of ketones is 1. The van der Waals surface area contributed by atoms with Gasteiger partial charge < -0.3 is 0 Å². The number of aromatic nitrogens is 4. The van der Waals surface area contributed by atoms with Crippen molar-refractivity contribution in [1.29, 1.82) is 0 Å². The summed E-state index contributed by atoms with van der Waals surface area (Å²) in [6.45, 7) is 1.43. The summed E-state index contributed by atoms with van der Waals surface area (Å²) in [6, 6.07) is 7.52. The van der Waals surface area contributed by atoms with Gasteiger partial charge in [-0.05, 0) is 37.3 Å². The second-order valence-corrected chi connectivity index (χ2v) is 6.99. The van der Waals surface area contributed by atoms with E-state index in [1.165, 1.54) is 31.3 Å². The van der Waals surface area contributed by atoms with E-state index in [1.54, 1.807) is 12.1 Å². The van der Waals surface area contributed by atoms with Crippen LogP contribution in [0.5, 0.6) is 0 Å². The van der Waals surface area contributed by atoms with Gasteiger partial charge in [-0.25, -0.2) is 14.4 Å². The number of Topliss-reactive ketones (excluding diaryl/α,β-unsaturated/α-hetero) is 1. The van der Waals surface area contributed by atoms with Gasteiger partial charge in [-0.2, -0.15) is 22.8 Å². The molecule has 1 aromatic carbocycles. The van der Waals surface area contributed by atoms with Gasteiger partial charge in [0.05, 0.1) is 23.0 Å². The molecule has 3 heterocycles. The molecule has 0 saturated carbocycles. The summed E-state index contributed by atoms with van der Waals surface area (Å²) in [5.74, 6) is -0.823. The Kier molecular flexibility index (Phi) is 4.22. The van der Waals surface area contributed by atoms with Crippen LogP contribution in [0.25, 0.3) is 27.5 Å². The summed E-state index contributed by atoms with van der Waals surface area (Å²) in [5.41, 5.74) is -0.0198. The third-order valence-electron chi connectivity index (χ3n) is 4.01. The predicted octanol–water partition coefficient (Wildman–Crippen LogP) is 4.88. The number of halogens is 4. The molecule has 0 aliphatic rings. The van der Waals surface area contributed by atoms with Crippen LogP contribution in [0.15, 0.2) is 42.7 Å². The molecular formula is C18H10F4N4OS. The highest BCUT2D eigenvalue weighted by atomic mass is 32.1. The first-order valence-electron chi connectivity index (χ1n) is 7.93. The van der Waals surface area contributed by atoms with E-state index in [0.717, 1.165) is 15.9 Å². The zero-order valence-electron chi connectivity index (χ0n) is 14.2. The van der Waals surface area contributed by atoms with E-state index < -0.39 is 17.7 Å². The van der Waals surface area contributed by atoms with Gasteiger partial charge in [0.25, 0.3) is 5.78 Å². The van der Waals surface area contributed by atoms with E-state index >= 15 is 0 Å². The fourth-order valence-electron chi connectivity index (χ4n) is 2.65. The van der Waals surface area contributed by atoms with Crippen molar-refractivity contribution in [1.82, 2.24) is 19.6 Å². The van der Waals surface area contributed by atoms with E-state index in [2.05, 4.69) is 15.1 Å². The van der Waals surface area contributed by atoms with Crippen LogP contribution in [0.1, 0.15) is 22.3 Å². The highest BCUT2D eigenvalue weighted by Crippen LogP contribution is 2.34. The van der Waals surface area contributed by atoms with Crippen LogP contribution < -0.4 is 0 Å². The van der Waals surface area contributed by atoms with Gasteiger partial charge in [-0.1, -0.05) is 0 Å². The molecule has 0 aliphatic carbocycles. The number of carbonyl (C=O) groups is 1. The van der Waals surface area contributed by atoms with Crippen LogP contribution in [0.3, 0.4) is 0 Å². The summed E-state index contributed by atoms with van der Waals surface area (Å²) in [7, 11) is 0. The van der Waals surface area contributed by atoms with Gasteiger partial charge in [0.1, 0.15) is 5.82 Å².